The quantitative estimate of drug-likeness (QED) is 0.813. The van der Waals surface area contributed by atoms with Gasteiger partial charge < -0.3 is 14.2 Å². The number of benzene rings is 1. The maximum Gasteiger partial charge on any atom is 0.169 e. The van der Waals surface area contributed by atoms with Crippen molar-refractivity contribution in [2.75, 3.05) is 31.2 Å². The highest BCUT2D eigenvalue weighted by Crippen LogP contribution is 2.31. The molecule has 1 aromatic carbocycles. The third-order valence-corrected chi connectivity index (χ3v) is 3.15. The molecule has 1 fully saturated rings. The van der Waals surface area contributed by atoms with Gasteiger partial charge in [0.15, 0.2) is 5.76 Å². The molecule has 4 heteroatoms. The van der Waals surface area contributed by atoms with Crippen molar-refractivity contribution in [3.8, 4) is 11.3 Å². The van der Waals surface area contributed by atoms with Gasteiger partial charge in [-0.25, -0.2) is 0 Å². The molecular formula is C14H16N2O2. The lowest BCUT2D eigenvalue weighted by molar-refractivity contribution is 0.122. The van der Waals surface area contributed by atoms with E-state index in [9.17, 15) is 0 Å². The summed E-state index contributed by atoms with van der Waals surface area (Å²) in [6.45, 7) is 5.34. The van der Waals surface area contributed by atoms with Crippen LogP contribution in [0.1, 0.15) is 5.69 Å². The molecular weight excluding hydrogens is 228 g/mol. The molecule has 2 heterocycles. The van der Waals surface area contributed by atoms with Crippen LogP contribution in [0.3, 0.4) is 0 Å². The number of anilines is 1. The summed E-state index contributed by atoms with van der Waals surface area (Å²) >= 11 is 0. The maximum absolute atomic E-state index is 5.39. The van der Waals surface area contributed by atoms with E-state index in [0.29, 0.717) is 0 Å². The van der Waals surface area contributed by atoms with Gasteiger partial charge in [0.05, 0.1) is 18.9 Å². The molecule has 0 amide bonds. The number of ether oxygens (including phenoxy) is 1. The van der Waals surface area contributed by atoms with Crippen LogP contribution in [0.5, 0.6) is 0 Å². The average Bonchev–Trinajstić information content (AvgIpc) is 2.86. The Morgan fingerprint density at radius 1 is 1.17 bits per heavy atom. The normalized spacial score (nSPS) is 15.9. The standard InChI is InChI=1S/C14H16N2O2/c1-11-10-14(18-15-11)12-4-2-3-5-13(12)16-6-8-17-9-7-16/h2-5,10H,6-9H2,1H3. The number of morpholine rings is 1. The van der Waals surface area contributed by atoms with Crippen molar-refractivity contribution < 1.29 is 9.26 Å². The minimum absolute atomic E-state index is 0.782. The van der Waals surface area contributed by atoms with Gasteiger partial charge in [-0.3, -0.25) is 0 Å². The van der Waals surface area contributed by atoms with E-state index in [-0.39, 0.29) is 0 Å². The summed E-state index contributed by atoms with van der Waals surface area (Å²) in [5, 5.41) is 3.96. The zero-order chi connectivity index (χ0) is 12.4. The van der Waals surface area contributed by atoms with E-state index in [2.05, 4.69) is 28.3 Å². The molecule has 1 aromatic heterocycles. The first-order chi connectivity index (χ1) is 8.84. The molecule has 0 radical (unpaired) electrons. The van der Waals surface area contributed by atoms with Crippen molar-refractivity contribution in [2.24, 2.45) is 0 Å². The lowest BCUT2D eigenvalue weighted by Gasteiger charge is -2.30. The Hall–Kier alpha value is -1.81. The van der Waals surface area contributed by atoms with Crippen LogP contribution in [0.2, 0.25) is 0 Å². The van der Waals surface area contributed by atoms with E-state index in [1.54, 1.807) is 0 Å². The number of hydrogen-bond acceptors (Lipinski definition) is 4. The fourth-order valence-electron chi connectivity index (χ4n) is 2.25. The summed E-state index contributed by atoms with van der Waals surface area (Å²) < 4.78 is 10.8. The highest BCUT2D eigenvalue weighted by Gasteiger charge is 2.17. The molecule has 0 aliphatic carbocycles. The van der Waals surface area contributed by atoms with Gasteiger partial charge in [0.2, 0.25) is 0 Å². The highest BCUT2D eigenvalue weighted by atomic mass is 16.5. The van der Waals surface area contributed by atoms with E-state index < -0.39 is 0 Å². The number of aromatic nitrogens is 1. The minimum Gasteiger partial charge on any atom is -0.378 e. The fourth-order valence-corrected chi connectivity index (χ4v) is 2.25. The SMILES string of the molecule is Cc1cc(-c2ccccc2N2CCOCC2)on1. The Morgan fingerprint density at radius 3 is 2.67 bits per heavy atom. The lowest BCUT2D eigenvalue weighted by atomic mass is 10.1. The van der Waals surface area contributed by atoms with Crippen LogP contribution in [0.25, 0.3) is 11.3 Å². The molecule has 0 unspecified atom stereocenters. The van der Waals surface area contributed by atoms with Gasteiger partial charge in [-0.2, -0.15) is 0 Å². The molecule has 1 aliphatic rings. The average molecular weight is 244 g/mol. The van der Waals surface area contributed by atoms with Crippen LogP contribution in [0.4, 0.5) is 5.69 Å². The first-order valence-corrected chi connectivity index (χ1v) is 6.20. The maximum atomic E-state index is 5.39. The molecule has 3 rings (SSSR count). The molecule has 0 spiro atoms. The number of rotatable bonds is 2. The first-order valence-electron chi connectivity index (χ1n) is 6.20. The van der Waals surface area contributed by atoms with E-state index in [1.807, 2.05) is 19.1 Å². The Balaban J connectivity index is 1.99. The smallest absolute Gasteiger partial charge is 0.169 e. The number of aryl methyl sites for hydroxylation is 1. The van der Waals surface area contributed by atoms with Crippen molar-refractivity contribution in [1.82, 2.24) is 5.16 Å². The molecule has 0 N–H and O–H groups in total. The van der Waals surface area contributed by atoms with Crippen molar-refractivity contribution in [3.63, 3.8) is 0 Å². The first kappa shape index (κ1) is 11.3. The van der Waals surface area contributed by atoms with Crippen LogP contribution >= 0.6 is 0 Å². The Labute approximate surface area is 106 Å². The van der Waals surface area contributed by atoms with Crippen LogP contribution in [-0.2, 0) is 4.74 Å². The topological polar surface area (TPSA) is 38.5 Å². The summed E-state index contributed by atoms with van der Waals surface area (Å²) in [5.74, 6) is 0.828. The summed E-state index contributed by atoms with van der Waals surface area (Å²) in [4.78, 5) is 2.33. The monoisotopic (exact) mass is 244 g/mol. The summed E-state index contributed by atoms with van der Waals surface area (Å²) in [6, 6.07) is 10.2. The van der Waals surface area contributed by atoms with E-state index in [0.717, 1.165) is 43.3 Å². The third kappa shape index (κ3) is 2.11. The Bertz CT molecular complexity index is 530. The predicted molar refractivity (Wildman–Crippen MR) is 69.7 cm³/mol. The Kier molecular flexibility index (Phi) is 3.02. The second kappa shape index (κ2) is 4.82. The summed E-state index contributed by atoms with van der Waals surface area (Å²) in [6.07, 6.45) is 0. The lowest BCUT2D eigenvalue weighted by Crippen LogP contribution is -2.36. The number of hydrogen-bond donors (Lipinski definition) is 0. The summed E-state index contributed by atoms with van der Waals surface area (Å²) in [5.41, 5.74) is 3.19. The zero-order valence-corrected chi connectivity index (χ0v) is 10.4. The van der Waals surface area contributed by atoms with Crippen LogP contribution in [-0.4, -0.2) is 31.5 Å². The molecule has 0 saturated carbocycles. The van der Waals surface area contributed by atoms with Gasteiger partial charge in [0.1, 0.15) is 0 Å². The molecule has 1 saturated heterocycles. The molecule has 2 aromatic rings. The van der Waals surface area contributed by atoms with Gasteiger partial charge in [0, 0.05) is 30.4 Å². The molecule has 1 aliphatic heterocycles. The van der Waals surface area contributed by atoms with E-state index in [1.165, 1.54) is 5.69 Å². The summed E-state index contributed by atoms with van der Waals surface area (Å²) in [7, 11) is 0. The fraction of sp³-hybridized carbons (Fsp3) is 0.357. The minimum atomic E-state index is 0.782. The van der Waals surface area contributed by atoms with Crippen LogP contribution < -0.4 is 4.90 Å². The number of nitrogens with zero attached hydrogens (tertiary/aromatic N) is 2. The van der Waals surface area contributed by atoms with Gasteiger partial charge >= 0.3 is 0 Å². The number of para-hydroxylation sites is 1. The van der Waals surface area contributed by atoms with Crippen molar-refractivity contribution in [2.45, 2.75) is 6.92 Å². The van der Waals surface area contributed by atoms with Gasteiger partial charge in [-0.15, -0.1) is 0 Å². The van der Waals surface area contributed by atoms with E-state index >= 15 is 0 Å². The molecule has 18 heavy (non-hydrogen) atoms. The largest absolute Gasteiger partial charge is 0.378 e. The second-order valence-corrected chi connectivity index (χ2v) is 4.45. The van der Waals surface area contributed by atoms with Crippen molar-refractivity contribution in [1.29, 1.82) is 0 Å². The molecule has 4 nitrogen and oxygen atoms in total. The zero-order valence-electron chi connectivity index (χ0n) is 10.4. The van der Waals surface area contributed by atoms with Crippen molar-refractivity contribution >= 4 is 5.69 Å². The van der Waals surface area contributed by atoms with Gasteiger partial charge in [-0.05, 0) is 19.1 Å². The molecule has 0 bridgehead atoms. The van der Waals surface area contributed by atoms with Gasteiger partial charge in [-0.1, -0.05) is 17.3 Å². The van der Waals surface area contributed by atoms with Crippen molar-refractivity contribution in [3.05, 3.63) is 36.0 Å². The van der Waals surface area contributed by atoms with E-state index in [4.69, 9.17) is 9.26 Å². The predicted octanol–water partition coefficient (Wildman–Crippen LogP) is 2.49. The molecule has 94 valence electrons. The van der Waals surface area contributed by atoms with Crippen LogP contribution in [0, 0.1) is 6.92 Å². The van der Waals surface area contributed by atoms with Crippen LogP contribution in [0.15, 0.2) is 34.9 Å². The second-order valence-electron chi connectivity index (χ2n) is 4.45. The molecule has 0 atom stereocenters. The third-order valence-electron chi connectivity index (χ3n) is 3.15. The van der Waals surface area contributed by atoms with Gasteiger partial charge in [0.25, 0.3) is 0 Å². The highest BCUT2D eigenvalue weighted by molar-refractivity contribution is 5.75. The Morgan fingerprint density at radius 2 is 1.94 bits per heavy atom.